The van der Waals surface area contributed by atoms with Gasteiger partial charge in [-0.1, -0.05) is 5.11 Å². The first kappa shape index (κ1) is 14.3. The summed E-state index contributed by atoms with van der Waals surface area (Å²) in [6.45, 7) is 0.894. The van der Waals surface area contributed by atoms with Crippen molar-refractivity contribution >= 4 is 23.8 Å². The van der Waals surface area contributed by atoms with E-state index in [1.807, 2.05) is 24.3 Å². The maximum atomic E-state index is 12.0. The van der Waals surface area contributed by atoms with Crippen molar-refractivity contribution in [2.75, 3.05) is 18.0 Å². The number of rotatable bonds is 4. The minimum atomic E-state index is 0.0307. The normalized spacial score (nSPS) is 17.5. The summed E-state index contributed by atoms with van der Waals surface area (Å²) in [4.78, 5) is 16.7. The molecule has 1 aromatic carbocycles. The molecule has 0 saturated carbocycles. The first-order valence-electron chi connectivity index (χ1n) is 6.64. The Bertz CT molecular complexity index is 789. The molecule has 9 heteroatoms. The molecule has 0 aliphatic carbocycles. The Morgan fingerprint density at radius 1 is 1.50 bits per heavy atom. The molecule has 112 valence electrons. The summed E-state index contributed by atoms with van der Waals surface area (Å²) in [6.07, 6.45) is 0.398. The number of nitrogens with zero attached hydrogens (tertiary/aromatic N) is 5. The molecular weight excluding hydrogens is 304 g/mol. The van der Waals surface area contributed by atoms with Gasteiger partial charge in [0.05, 0.1) is 0 Å². The Hall–Kier alpha value is -2.64. The first-order chi connectivity index (χ1) is 10.7. The van der Waals surface area contributed by atoms with Crippen molar-refractivity contribution in [2.45, 2.75) is 6.42 Å². The number of amides is 1. The number of aromatic nitrogens is 2. The van der Waals surface area contributed by atoms with Gasteiger partial charge in [0.1, 0.15) is 0 Å². The lowest BCUT2D eigenvalue weighted by Crippen LogP contribution is -2.24. The summed E-state index contributed by atoms with van der Waals surface area (Å²) >= 11 is 4.84. The van der Waals surface area contributed by atoms with Crippen molar-refractivity contribution in [3.05, 3.63) is 39.5 Å². The molecule has 8 nitrogen and oxygen atoms in total. The monoisotopic (exact) mass is 316 g/mol. The number of nitrogens with one attached hydrogen (secondary N) is 1. The number of benzene rings is 1. The maximum absolute atomic E-state index is 12.0. The van der Waals surface area contributed by atoms with E-state index < -0.39 is 0 Å². The van der Waals surface area contributed by atoms with E-state index in [4.69, 9.17) is 22.2 Å². The SMILES string of the molecule is [N-]=[N+]=NCC1CC(=O)N(c2ccc(-c3n[nH]c(=S)o3)cc2)C1. The highest BCUT2D eigenvalue weighted by atomic mass is 32.1. The molecule has 22 heavy (non-hydrogen) atoms. The number of hydrogen-bond acceptors (Lipinski definition) is 5. The number of aromatic amines is 1. The van der Waals surface area contributed by atoms with Crippen molar-refractivity contribution in [1.29, 1.82) is 0 Å². The zero-order chi connectivity index (χ0) is 15.5. The average Bonchev–Trinajstić information content (AvgIpc) is 3.11. The second kappa shape index (κ2) is 6.00. The van der Waals surface area contributed by atoms with Crippen LogP contribution < -0.4 is 4.90 Å². The Morgan fingerprint density at radius 3 is 2.91 bits per heavy atom. The summed E-state index contributed by atoms with van der Waals surface area (Å²) in [5.74, 6) is 0.501. The van der Waals surface area contributed by atoms with Crippen molar-refractivity contribution in [3.8, 4) is 11.5 Å². The van der Waals surface area contributed by atoms with E-state index in [-0.39, 0.29) is 16.7 Å². The van der Waals surface area contributed by atoms with Gasteiger partial charge in [-0.25, -0.2) is 5.10 Å². The van der Waals surface area contributed by atoms with Gasteiger partial charge in [0, 0.05) is 35.7 Å². The Labute approximate surface area is 130 Å². The van der Waals surface area contributed by atoms with Gasteiger partial charge in [0.25, 0.3) is 4.84 Å². The molecule has 1 N–H and O–H groups in total. The second-order valence-electron chi connectivity index (χ2n) is 4.95. The van der Waals surface area contributed by atoms with Gasteiger partial charge in [-0.2, -0.15) is 0 Å². The Kier molecular flexibility index (Phi) is 3.90. The van der Waals surface area contributed by atoms with Crippen LogP contribution in [0.5, 0.6) is 0 Å². The predicted octanol–water partition coefficient (Wildman–Crippen LogP) is 3.06. The van der Waals surface area contributed by atoms with Gasteiger partial charge in [-0.15, -0.1) is 5.10 Å². The van der Waals surface area contributed by atoms with Crippen LogP contribution in [-0.4, -0.2) is 29.2 Å². The standard InChI is InChI=1S/C13H12N6O2S/c14-18-15-6-8-5-11(20)19(7-8)10-3-1-9(2-4-10)12-16-17-13(22)21-12/h1-4,8H,5-7H2,(H,17,22). The number of azide groups is 1. The number of carbonyl (C=O) groups is 1. The fourth-order valence-electron chi connectivity index (χ4n) is 2.44. The van der Waals surface area contributed by atoms with Crippen LogP contribution in [0.1, 0.15) is 6.42 Å². The van der Waals surface area contributed by atoms with Crippen LogP contribution in [0.2, 0.25) is 0 Å². The molecule has 0 radical (unpaired) electrons. The molecule has 1 atom stereocenters. The van der Waals surface area contributed by atoms with Crippen LogP contribution in [0.25, 0.3) is 21.9 Å². The van der Waals surface area contributed by atoms with Gasteiger partial charge in [0.2, 0.25) is 11.8 Å². The van der Waals surface area contributed by atoms with Gasteiger partial charge in [-0.3, -0.25) is 4.79 Å². The molecule has 1 unspecified atom stereocenters. The smallest absolute Gasteiger partial charge is 0.284 e. The third-order valence-corrected chi connectivity index (χ3v) is 3.65. The molecule has 1 fully saturated rings. The van der Waals surface area contributed by atoms with E-state index in [9.17, 15) is 4.79 Å². The molecule has 0 spiro atoms. The van der Waals surface area contributed by atoms with Crippen LogP contribution in [0, 0.1) is 10.8 Å². The summed E-state index contributed by atoms with van der Waals surface area (Å²) in [5.41, 5.74) is 9.92. The van der Waals surface area contributed by atoms with Crippen molar-refractivity contribution in [1.82, 2.24) is 10.2 Å². The van der Waals surface area contributed by atoms with Gasteiger partial charge >= 0.3 is 0 Å². The number of carbonyl (C=O) groups excluding carboxylic acids is 1. The highest BCUT2D eigenvalue weighted by molar-refractivity contribution is 7.71. The summed E-state index contributed by atoms with van der Waals surface area (Å²) in [7, 11) is 0. The van der Waals surface area contributed by atoms with E-state index in [1.165, 1.54) is 0 Å². The van der Waals surface area contributed by atoms with E-state index in [1.54, 1.807) is 4.90 Å². The molecule has 2 aromatic rings. The topological polar surface area (TPSA) is 111 Å². The summed E-state index contributed by atoms with van der Waals surface area (Å²) in [6, 6.07) is 7.29. The largest absolute Gasteiger partial charge is 0.409 e. The van der Waals surface area contributed by atoms with Crippen LogP contribution >= 0.6 is 12.2 Å². The summed E-state index contributed by atoms with van der Waals surface area (Å²) < 4.78 is 5.24. The minimum absolute atomic E-state index is 0.0307. The average molecular weight is 316 g/mol. The lowest BCUT2D eigenvalue weighted by atomic mass is 10.1. The molecule has 1 amide bonds. The molecule has 1 aliphatic rings. The van der Waals surface area contributed by atoms with E-state index in [0.29, 0.717) is 25.4 Å². The zero-order valence-corrected chi connectivity index (χ0v) is 12.3. The first-order valence-corrected chi connectivity index (χ1v) is 7.05. The molecular formula is C13H12N6O2S. The summed E-state index contributed by atoms with van der Waals surface area (Å²) in [5, 5.41) is 10.1. The third kappa shape index (κ3) is 2.85. The van der Waals surface area contributed by atoms with Crippen molar-refractivity contribution < 1.29 is 9.21 Å². The van der Waals surface area contributed by atoms with Gasteiger partial charge < -0.3 is 9.32 Å². The van der Waals surface area contributed by atoms with Gasteiger partial charge in [0.15, 0.2) is 0 Å². The number of H-pyrrole nitrogens is 1. The molecule has 0 bridgehead atoms. The maximum Gasteiger partial charge on any atom is 0.284 e. The second-order valence-corrected chi connectivity index (χ2v) is 5.32. The molecule has 1 saturated heterocycles. The van der Waals surface area contributed by atoms with Gasteiger partial charge in [-0.05, 0) is 47.9 Å². The van der Waals surface area contributed by atoms with Crippen molar-refractivity contribution in [3.63, 3.8) is 0 Å². The predicted molar refractivity (Wildman–Crippen MR) is 81.6 cm³/mol. The zero-order valence-electron chi connectivity index (χ0n) is 11.5. The Balaban J connectivity index is 1.77. The van der Waals surface area contributed by atoms with E-state index in [0.717, 1.165) is 11.3 Å². The van der Waals surface area contributed by atoms with Crippen LogP contribution in [0.4, 0.5) is 5.69 Å². The fraction of sp³-hybridized carbons (Fsp3) is 0.308. The molecule has 1 aromatic heterocycles. The van der Waals surface area contributed by atoms with Crippen LogP contribution in [-0.2, 0) is 4.79 Å². The highest BCUT2D eigenvalue weighted by Crippen LogP contribution is 2.27. The fourth-order valence-corrected chi connectivity index (χ4v) is 2.57. The quantitative estimate of drug-likeness (QED) is 0.404. The minimum Gasteiger partial charge on any atom is -0.409 e. The van der Waals surface area contributed by atoms with Crippen LogP contribution in [0.3, 0.4) is 0 Å². The Morgan fingerprint density at radius 2 is 2.27 bits per heavy atom. The molecule has 3 rings (SSSR count). The third-order valence-electron chi connectivity index (χ3n) is 3.47. The molecule has 2 heterocycles. The lowest BCUT2D eigenvalue weighted by Gasteiger charge is -2.16. The number of anilines is 1. The van der Waals surface area contributed by atoms with E-state index in [2.05, 4.69) is 20.2 Å². The van der Waals surface area contributed by atoms with Crippen molar-refractivity contribution in [2.24, 2.45) is 11.0 Å². The lowest BCUT2D eigenvalue weighted by molar-refractivity contribution is -0.117. The number of hydrogen-bond donors (Lipinski definition) is 1. The highest BCUT2D eigenvalue weighted by Gasteiger charge is 2.30. The molecule has 1 aliphatic heterocycles. The van der Waals surface area contributed by atoms with Crippen LogP contribution in [0.15, 0.2) is 33.8 Å². The van der Waals surface area contributed by atoms with E-state index >= 15 is 0 Å².